The topological polar surface area (TPSA) is 122 Å². The van der Waals surface area contributed by atoms with Gasteiger partial charge in [-0.3, -0.25) is 9.69 Å². The molecule has 0 radical (unpaired) electrons. The summed E-state index contributed by atoms with van der Waals surface area (Å²) in [5, 5.41) is 10.0. The van der Waals surface area contributed by atoms with Crippen LogP contribution in [-0.2, 0) is 22.5 Å². The van der Waals surface area contributed by atoms with Crippen LogP contribution in [0.4, 0.5) is 14.9 Å². The zero-order valence-electron chi connectivity index (χ0n) is 22.1. The first-order valence-corrected chi connectivity index (χ1v) is 12.4. The van der Waals surface area contributed by atoms with Crippen molar-refractivity contribution >= 4 is 29.4 Å². The lowest BCUT2D eigenvalue weighted by molar-refractivity contribution is -0.143. The molecule has 3 rings (SSSR count). The number of hydrogen-bond donors (Lipinski definition) is 2. The van der Waals surface area contributed by atoms with Crippen molar-refractivity contribution in [3.8, 4) is 0 Å². The lowest BCUT2D eigenvalue weighted by Gasteiger charge is -2.31. The predicted molar refractivity (Wildman–Crippen MR) is 146 cm³/mol. The molecule has 3 N–H and O–H groups in total. The van der Waals surface area contributed by atoms with E-state index in [2.05, 4.69) is 4.99 Å². The van der Waals surface area contributed by atoms with Crippen molar-refractivity contribution in [2.45, 2.75) is 51.8 Å². The van der Waals surface area contributed by atoms with E-state index in [0.717, 1.165) is 5.56 Å². The number of aliphatic carboxylic acids is 1. The Morgan fingerprint density at radius 1 is 0.949 bits per heavy atom. The van der Waals surface area contributed by atoms with Crippen molar-refractivity contribution in [1.29, 1.82) is 0 Å². The average molecular weight is 534 g/mol. The molecular weight excluding hydrogens is 501 g/mol. The summed E-state index contributed by atoms with van der Waals surface area (Å²) in [5.74, 6) is -1.79. The van der Waals surface area contributed by atoms with E-state index >= 15 is 0 Å². The van der Waals surface area contributed by atoms with Gasteiger partial charge in [0.15, 0.2) is 5.78 Å². The number of ether oxygens (including phenoxy) is 1. The molecule has 3 aromatic rings. The number of Topliss-reactive ketones (excluding diaryl/α,β-unsaturated/α-hetero) is 1. The quantitative estimate of drug-likeness (QED) is 0.201. The molecule has 0 fully saturated rings. The molecule has 1 atom stereocenters. The number of nitrogens with two attached hydrogens (primary N) is 1. The van der Waals surface area contributed by atoms with Crippen LogP contribution in [0.25, 0.3) is 0 Å². The summed E-state index contributed by atoms with van der Waals surface area (Å²) in [7, 11) is 0. The van der Waals surface area contributed by atoms with Crippen molar-refractivity contribution in [1.82, 2.24) is 4.90 Å². The van der Waals surface area contributed by atoms with Gasteiger partial charge in [0.25, 0.3) is 0 Å². The molecule has 0 aliphatic rings. The van der Waals surface area contributed by atoms with Gasteiger partial charge in [0.05, 0.1) is 12.1 Å². The van der Waals surface area contributed by atoms with Gasteiger partial charge in [0.1, 0.15) is 23.3 Å². The number of ketones is 1. The number of benzene rings is 3. The normalized spacial score (nSPS) is 12.5. The van der Waals surface area contributed by atoms with Crippen LogP contribution < -0.4 is 5.73 Å². The fourth-order valence-electron chi connectivity index (χ4n) is 3.77. The van der Waals surface area contributed by atoms with Crippen LogP contribution in [0.15, 0.2) is 83.9 Å². The second kappa shape index (κ2) is 12.8. The molecule has 0 aliphatic heterocycles. The van der Waals surface area contributed by atoms with E-state index in [1.54, 1.807) is 57.2 Å². The van der Waals surface area contributed by atoms with Crippen LogP contribution in [0.3, 0.4) is 0 Å². The number of carbonyl (C=O) groups excluding carboxylic acids is 2. The minimum atomic E-state index is -1.16. The number of carboxylic acid groups (broad SMARTS) is 1. The molecular formula is C30H32FN3O5. The third-order valence-electron chi connectivity index (χ3n) is 5.63. The Labute approximate surface area is 226 Å². The number of amides is 1. The Kier molecular flexibility index (Phi) is 9.54. The lowest BCUT2D eigenvalue weighted by Crippen LogP contribution is -2.47. The molecule has 8 nitrogen and oxygen atoms in total. The van der Waals surface area contributed by atoms with Crippen molar-refractivity contribution in [2.75, 3.05) is 0 Å². The monoisotopic (exact) mass is 533 g/mol. The predicted octanol–water partition coefficient (Wildman–Crippen LogP) is 5.52. The number of carboxylic acids is 1. The van der Waals surface area contributed by atoms with Crippen molar-refractivity contribution in [3.63, 3.8) is 0 Å². The van der Waals surface area contributed by atoms with Crippen LogP contribution in [0.2, 0.25) is 0 Å². The number of amidine groups is 1. The van der Waals surface area contributed by atoms with Gasteiger partial charge in [-0.05, 0) is 68.3 Å². The molecule has 3 aromatic carbocycles. The van der Waals surface area contributed by atoms with Gasteiger partial charge in [-0.15, -0.1) is 0 Å². The van der Waals surface area contributed by atoms with E-state index in [9.17, 15) is 23.9 Å². The molecule has 1 amide bonds. The van der Waals surface area contributed by atoms with Gasteiger partial charge in [0, 0.05) is 18.5 Å². The fourth-order valence-corrected chi connectivity index (χ4v) is 3.77. The van der Waals surface area contributed by atoms with E-state index < -0.39 is 29.5 Å². The molecule has 0 saturated carbocycles. The highest BCUT2D eigenvalue weighted by molar-refractivity contribution is 6.09. The molecule has 9 heteroatoms. The van der Waals surface area contributed by atoms with Gasteiger partial charge >= 0.3 is 12.1 Å². The Bertz CT molecular complexity index is 1320. The average Bonchev–Trinajstić information content (AvgIpc) is 2.87. The van der Waals surface area contributed by atoms with Crippen molar-refractivity contribution < 1.29 is 28.6 Å². The molecule has 39 heavy (non-hydrogen) atoms. The molecule has 0 unspecified atom stereocenters. The molecule has 204 valence electrons. The van der Waals surface area contributed by atoms with Gasteiger partial charge in [-0.25, -0.2) is 19.0 Å². The highest BCUT2D eigenvalue weighted by Gasteiger charge is 2.33. The van der Waals surface area contributed by atoms with E-state index in [-0.39, 0.29) is 31.0 Å². The minimum absolute atomic E-state index is 0.0127. The molecule has 0 spiro atoms. The third kappa shape index (κ3) is 9.07. The van der Waals surface area contributed by atoms with Crippen molar-refractivity contribution in [2.24, 2.45) is 10.7 Å². The van der Waals surface area contributed by atoms with Crippen LogP contribution in [0, 0.1) is 5.82 Å². The maximum Gasteiger partial charge on any atom is 0.411 e. The molecule has 0 saturated heterocycles. The first-order valence-electron chi connectivity index (χ1n) is 12.4. The number of carbonyl (C=O) groups is 3. The summed E-state index contributed by atoms with van der Waals surface area (Å²) in [4.78, 5) is 43.2. The van der Waals surface area contributed by atoms with Crippen LogP contribution in [0.1, 0.15) is 48.7 Å². The van der Waals surface area contributed by atoms with E-state index in [1.165, 1.54) is 29.2 Å². The maximum absolute atomic E-state index is 13.1. The van der Waals surface area contributed by atoms with Crippen LogP contribution >= 0.6 is 0 Å². The summed E-state index contributed by atoms with van der Waals surface area (Å²) in [6.07, 6.45) is -0.771. The standard InChI is InChI=1S/C30H32FN3O5/c1-30(2,3)39-29(38)34(25(28(36)37)17-20-7-5-4-6-8-20)19-21-9-15-24(16-10-21)33-27(32)18-26(35)22-11-13-23(31)14-12-22/h4-16,25H,17-19H2,1-3H3,(H2,32,33)(H,36,37)/t25-/m0/s1. The number of hydrogen-bond acceptors (Lipinski definition) is 5. The first-order chi connectivity index (χ1) is 18.4. The first kappa shape index (κ1) is 29.0. The second-order valence-electron chi connectivity index (χ2n) is 10.0. The zero-order chi connectivity index (χ0) is 28.6. The highest BCUT2D eigenvalue weighted by Crippen LogP contribution is 2.21. The third-order valence-corrected chi connectivity index (χ3v) is 5.63. The SMILES string of the molecule is CC(C)(C)OC(=O)N(Cc1ccc(N=C(N)CC(=O)c2ccc(F)cc2)cc1)[C@@H](Cc1ccccc1)C(=O)O. The van der Waals surface area contributed by atoms with E-state index in [1.807, 2.05) is 18.2 Å². The molecule has 0 aliphatic carbocycles. The smallest absolute Gasteiger partial charge is 0.411 e. The van der Waals surface area contributed by atoms with E-state index in [4.69, 9.17) is 10.5 Å². The van der Waals surface area contributed by atoms with Gasteiger partial charge in [-0.1, -0.05) is 42.5 Å². The number of nitrogens with zero attached hydrogens (tertiary/aromatic N) is 2. The molecule has 0 aromatic heterocycles. The summed E-state index contributed by atoms with van der Waals surface area (Å²) in [6.45, 7) is 5.14. The van der Waals surface area contributed by atoms with Gasteiger partial charge in [0.2, 0.25) is 0 Å². The van der Waals surface area contributed by atoms with Crippen LogP contribution in [-0.4, -0.2) is 45.3 Å². The number of aliphatic imine (C=N–C) groups is 1. The maximum atomic E-state index is 13.1. The minimum Gasteiger partial charge on any atom is -0.480 e. The Morgan fingerprint density at radius 2 is 1.56 bits per heavy atom. The summed E-state index contributed by atoms with van der Waals surface area (Å²) < 4.78 is 18.6. The second-order valence-corrected chi connectivity index (χ2v) is 10.0. The van der Waals surface area contributed by atoms with Gasteiger partial charge in [-0.2, -0.15) is 0 Å². The number of rotatable bonds is 10. The summed E-state index contributed by atoms with van der Waals surface area (Å²) >= 11 is 0. The number of halogens is 1. The highest BCUT2D eigenvalue weighted by atomic mass is 19.1. The fraction of sp³-hybridized carbons (Fsp3) is 0.267. The summed E-state index contributed by atoms with van der Waals surface area (Å²) in [5.41, 5.74) is 7.38. The Balaban J connectivity index is 1.77. The van der Waals surface area contributed by atoms with E-state index in [0.29, 0.717) is 16.8 Å². The lowest BCUT2D eigenvalue weighted by atomic mass is 10.0. The molecule has 0 bridgehead atoms. The van der Waals surface area contributed by atoms with Crippen molar-refractivity contribution in [3.05, 3.63) is 101 Å². The molecule has 0 heterocycles. The van der Waals surface area contributed by atoms with Gasteiger partial charge < -0.3 is 15.6 Å². The Morgan fingerprint density at radius 3 is 2.13 bits per heavy atom. The zero-order valence-corrected chi connectivity index (χ0v) is 22.1. The largest absolute Gasteiger partial charge is 0.480 e. The summed E-state index contributed by atoms with van der Waals surface area (Å²) in [6, 6.07) is 19.8. The Hall–Kier alpha value is -4.53. The van der Waals surface area contributed by atoms with Crippen LogP contribution in [0.5, 0.6) is 0 Å².